The number of carbonyl (C=O) groups excluding carboxylic acids is 1. The lowest BCUT2D eigenvalue weighted by molar-refractivity contribution is 0.0691. The van der Waals surface area contributed by atoms with Gasteiger partial charge in [0.15, 0.2) is 11.5 Å². The predicted octanol–water partition coefficient (Wildman–Crippen LogP) is 0.994. The number of benzene rings is 1. The van der Waals surface area contributed by atoms with Crippen molar-refractivity contribution in [1.29, 1.82) is 0 Å². The highest BCUT2D eigenvalue weighted by molar-refractivity contribution is 7.90. The van der Waals surface area contributed by atoms with Crippen molar-refractivity contribution in [3.05, 3.63) is 47.9 Å². The summed E-state index contributed by atoms with van der Waals surface area (Å²) in [6, 6.07) is 4.70. The summed E-state index contributed by atoms with van der Waals surface area (Å²) in [5, 5.41) is 11.0. The largest absolute Gasteiger partial charge is 0.476 e. The normalized spacial score (nSPS) is 10.8. The van der Waals surface area contributed by atoms with Crippen molar-refractivity contribution in [1.82, 2.24) is 14.7 Å². The SMILES string of the molecule is Cc1ccc(S(=O)(=O)NC(=O)Nc2nccnc2C(=O)O)cc1. The second-order valence-corrected chi connectivity index (χ2v) is 6.11. The molecular weight excluding hydrogens is 324 g/mol. The lowest BCUT2D eigenvalue weighted by Gasteiger charge is -2.09. The summed E-state index contributed by atoms with van der Waals surface area (Å²) in [7, 11) is -4.09. The number of nitrogens with zero attached hydrogens (tertiary/aromatic N) is 2. The maximum atomic E-state index is 12.0. The zero-order chi connectivity index (χ0) is 17.0. The summed E-state index contributed by atoms with van der Waals surface area (Å²) in [6.07, 6.45) is 2.30. The minimum Gasteiger partial charge on any atom is -0.476 e. The van der Waals surface area contributed by atoms with Crippen LogP contribution in [0.2, 0.25) is 0 Å². The number of carboxylic acid groups (broad SMARTS) is 1. The van der Waals surface area contributed by atoms with E-state index in [0.717, 1.165) is 18.0 Å². The number of rotatable bonds is 4. The standard InChI is InChI=1S/C13H12N4O5S/c1-8-2-4-9(5-3-8)23(21,22)17-13(20)16-11-10(12(18)19)14-6-7-15-11/h2-7H,1H3,(H,18,19)(H2,15,16,17,20). The van der Waals surface area contributed by atoms with Crippen molar-refractivity contribution in [3.63, 3.8) is 0 Å². The topological polar surface area (TPSA) is 138 Å². The Balaban J connectivity index is 2.16. The molecule has 0 atom stereocenters. The van der Waals surface area contributed by atoms with Crippen LogP contribution in [0.1, 0.15) is 16.1 Å². The maximum absolute atomic E-state index is 12.0. The Hall–Kier alpha value is -3.01. The Morgan fingerprint density at radius 3 is 2.30 bits per heavy atom. The lowest BCUT2D eigenvalue weighted by atomic mass is 10.2. The van der Waals surface area contributed by atoms with Crippen molar-refractivity contribution in [2.75, 3.05) is 5.32 Å². The Morgan fingerprint density at radius 1 is 1.09 bits per heavy atom. The molecule has 2 rings (SSSR count). The first-order valence-electron chi connectivity index (χ1n) is 6.24. The minimum absolute atomic E-state index is 0.101. The van der Waals surface area contributed by atoms with Crippen LogP contribution < -0.4 is 10.0 Å². The Morgan fingerprint density at radius 2 is 1.70 bits per heavy atom. The van der Waals surface area contributed by atoms with Gasteiger partial charge in [-0.2, -0.15) is 0 Å². The number of hydrogen-bond donors (Lipinski definition) is 3. The van der Waals surface area contributed by atoms with E-state index in [2.05, 4.69) is 9.97 Å². The molecule has 0 aliphatic rings. The highest BCUT2D eigenvalue weighted by Gasteiger charge is 2.20. The van der Waals surface area contributed by atoms with Crippen molar-refractivity contribution >= 4 is 27.8 Å². The molecule has 0 aliphatic heterocycles. The molecular formula is C13H12N4O5S. The average Bonchev–Trinajstić information content (AvgIpc) is 2.47. The highest BCUT2D eigenvalue weighted by Crippen LogP contribution is 2.11. The van der Waals surface area contributed by atoms with Gasteiger partial charge in [0.05, 0.1) is 4.90 Å². The van der Waals surface area contributed by atoms with E-state index >= 15 is 0 Å². The lowest BCUT2D eigenvalue weighted by Crippen LogP contribution is -2.35. The zero-order valence-electron chi connectivity index (χ0n) is 11.8. The third-order valence-corrected chi connectivity index (χ3v) is 4.04. The van der Waals surface area contributed by atoms with Gasteiger partial charge in [0.2, 0.25) is 0 Å². The van der Waals surface area contributed by atoms with Gasteiger partial charge in [-0.3, -0.25) is 5.32 Å². The molecule has 23 heavy (non-hydrogen) atoms. The molecule has 0 unspecified atom stereocenters. The quantitative estimate of drug-likeness (QED) is 0.756. The first-order chi connectivity index (χ1) is 10.8. The Kier molecular flexibility index (Phi) is 4.55. The van der Waals surface area contributed by atoms with Crippen molar-refractivity contribution in [2.45, 2.75) is 11.8 Å². The predicted molar refractivity (Wildman–Crippen MR) is 79.5 cm³/mol. The summed E-state index contributed by atoms with van der Waals surface area (Å²) >= 11 is 0. The van der Waals surface area contributed by atoms with Gasteiger partial charge in [-0.15, -0.1) is 0 Å². The molecule has 10 heteroatoms. The molecule has 1 heterocycles. The number of nitrogens with one attached hydrogen (secondary N) is 2. The second kappa shape index (κ2) is 6.40. The Labute approximate surface area is 131 Å². The second-order valence-electron chi connectivity index (χ2n) is 4.43. The van der Waals surface area contributed by atoms with Crippen LogP contribution in [0.25, 0.3) is 0 Å². The number of amides is 2. The van der Waals surface area contributed by atoms with E-state index in [0.29, 0.717) is 0 Å². The third-order valence-electron chi connectivity index (χ3n) is 2.69. The molecule has 2 aromatic rings. The van der Waals surface area contributed by atoms with Crippen molar-refractivity contribution in [3.8, 4) is 0 Å². The first kappa shape index (κ1) is 16.4. The zero-order valence-corrected chi connectivity index (χ0v) is 12.7. The molecule has 3 N–H and O–H groups in total. The van der Waals surface area contributed by atoms with Gasteiger partial charge >= 0.3 is 12.0 Å². The number of aryl methyl sites for hydroxylation is 1. The molecule has 120 valence electrons. The van der Waals surface area contributed by atoms with Gasteiger partial charge in [0, 0.05) is 12.4 Å². The molecule has 9 nitrogen and oxygen atoms in total. The fraction of sp³-hybridized carbons (Fsp3) is 0.0769. The fourth-order valence-corrected chi connectivity index (χ4v) is 2.52. The molecule has 0 radical (unpaired) electrons. The van der Waals surface area contributed by atoms with E-state index in [1.54, 1.807) is 23.8 Å². The number of carbonyl (C=O) groups is 2. The van der Waals surface area contributed by atoms with Gasteiger partial charge in [-0.05, 0) is 19.1 Å². The van der Waals surface area contributed by atoms with Crippen LogP contribution in [0.5, 0.6) is 0 Å². The number of anilines is 1. The van der Waals surface area contributed by atoms with Crippen LogP contribution in [-0.4, -0.2) is 35.5 Å². The number of sulfonamides is 1. The average molecular weight is 336 g/mol. The number of urea groups is 1. The van der Waals surface area contributed by atoms with E-state index < -0.39 is 27.7 Å². The van der Waals surface area contributed by atoms with Crippen LogP contribution >= 0.6 is 0 Å². The molecule has 0 saturated carbocycles. The fourth-order valence-electron chi connectivity index (χ4n) is 1.62. The molecule has 1 aromatic heterocycles. The van der Waals surface area contributed by atoms with E-state index in [-0.39, 0.29) is 10.7 Å². The maximum Gasteiger partial charge on any atom is 0.358 e. The van der Waals surface area contributed by atoms with Gasteiger partial charge in [0.25, 0.3) is 10.0 Å². The smallest absolute Gasteiger partial charge is 0.358 e. The number of hydrogen-bond acceptors (Lipinski definition) is 6. The molecule has 0 spiro atoms. The molecule has 1 aromatic carbocycles. The molecule has 2 amide bonds. The van der Waals surface area contributed by atoms with Crippen LogP contribution in [0.15, 0.2) is 41.6 Å². The van der Waals surface area contributed by atoms with E-state index in [1.165, 1.54) is 12.1 Å². The monoisotopic (exact) mass is 336 g/mol. The van der Waals surface area contributed by atoms with Crippen LogP contribution in [0.4, 0.5) is 10.6 Å². The van der Waals surface area contributed by atoms with Gasteiger partial charge < -0.3 is 5.11 Å². The number of aromatic carboxylic acids is 1. The molecule has 0 aliphatic carbocycles. The van der Waals surface area contributed by atoms with Gasteiger partial charge in [-0.25, -0.2) is 32.7 Å². The van der Waals surface area contributed by atoms with Crippen molar-refractivity contribution in [2.24, 2.45) is 0 Å². The minimum atomic E-state index is -4.09. The summed E-state index contributed by atoms with van der Waals surface area (Å²) < 4.78 is 25.8. The van der Waals surface area contributed by atoms with E-state index in [9.17, 15) is 18.0 Å². The van der Waals surface area contributed by atoms with Crippen LogP contribution in [-0.2, 0) is 10.0 Å². The van der Waals surface area contributed by atoms with Gasteiger partial charge in [-0.1, -0.05) is 17.7 Å². The number of aromatic nitrogens is 2. The molecule has 0 saturated heterocycles. The highest BCUT2D eigenvalue weighted by atomic mass is 32.2. The summed E-state index contributed by atoms with van der Waals surface area (Å²) in [6.45, 7) is 1.79. The van der Waals surface area contributed by atoms with Crippen LogP contribution in [0, 0.1) is 6.92 Å². The van der Waals surface area contributed by atoms with Crippen LogP contribution in [0.3, 0.4) is 0 Å². The first-order valence-corrected chi connectivity index (χ1v) is 7.72. The molecule has 0 bridgehead atoms. The third kappa shape index (κ3) is 4.01. The van der Waals surface area contributed by atoms with E-state index in [1.807, 2.05) is 5.32 Å². The Bertz CT molecular complexity index is 849. The van der Waals surface area contributed by atoms with Crippen molar-refractivity contribution < 1.29 is 23.1 Å². The van der Waals surface area contributed by atoms with Gasteiger partial charge in [0.1, 0.15) is 0 Å². The summed E-state index contributed by atoms with van der Waals surface area (Å²) in [4.78, 5) is 29.8. The number of carboxylic acids is 1. The summed E-state index contributed by atoms with van der Waals surface area (Å²) in [5.74, 6) is -1.77. The molecule has 0 fully saturated rings. The summed E-state index contributed by atoms with van der Waals surface area (Å²) in [5.41, 5.74) is 0.356. The van der Waals surface area contributed by atoms with E-state index in [4.69, 9.17) is 5.11 Å².